The van der Waals surface area contributed by atoms with Crippen LogP contribution in [0.2, 0.25) is 0 Å². The van der Waals surface area contributed by atoms with Crippen LogP contribution in [0.25, 0.3) is 0 Å². The molecule has 0 rings (SSSR count). The zero-order chi connectivity index (χ0) is 4.50. The van der Waals surface area contributed by atoms with Gasteiger partial charge in [-0.2, -0.15) is 0 Å². The summed E-state index contributed by atoms with van der Waals surface area (Å²) in [5.41, 5.74) is 0. The summed E-state index contributed by atoms with van der Waals surface area (Å²) >= 11 is 0. The molecule has 0 aromatic heterocycles. The molecular formula is H8Cs2O8S. The maximum absolute atomic E-state index is 8.52. The van der Waals surface area contributed by atoms with Crippen molar-refractivity contribution in [2.45, 2.75) is 0 Å². The van der Waals surface area contributed by atoms with Crippen molar-refractivity contribution in [2.24, 2.45) is 0 Å². The average Bonchev–Trinajstić information content (AvgIpc) is 0.722. The summed E-state index contributed by atoms with van der Waals surface area (Å²) in [6.07, 6.45) is 0. The molecule has 64 valence electrons. The number of hydrogen-bond acceptors (Lipinski definition) is 4. The first-order valence-electron chi connectivity index (χ1n) is 0.667. The van der Waals surface area contributed by atoms with Crippen LogP contribution in [0.1, 0.15) is 0 Å². The SMILES string of the molecule is O.O.O.O.O=S(=O)([O-])[O-].[Cs+].[Cs+]. The second-order valence-electron chi connectivity index (χ2n) is 0.408. The van der Waals surface area contributed by atoms with Crippen LogP contribution in [0.3, 0.4) is 0 Å². The molecule has 0 radical (unpaired) electrons. The van der Waals surface area contributed by atoms with Crippen molar-refractivity contribution in [3.63, 3.8) is 0 Å². The molecule has 0 spiro atoms. The maximum Gasteiger partial charge on any atom is 1.00 e. The van der Waals surface area contributed by atoms with Gasteiger partial charge in [-0.1, -0.05) is 0 Å². The minimum absolute atomic E-state index is 0. The fourth-order valence-electron chi connectivity index (χ4n) is 0. The summed E-state index contributed by atoms with van der Waals surface area (Å²) in [5, 5.41) is 0. The Hall–Kier alpha value is 3.81. The monoisotopic (exact) mass is 434 g/mol. The second kappa shape index (κ2) is 23.6. The van der Waals surface area contributed by atoms with Crippen LogP contribution >= 0.6 is 0 Å². The summed E-state index contributed by atoms with van der Waals surface area (Å²) in [4.78, 5) is 0. The third-order valence-corrected chi connectivity index (χ3v) is 0. The predicted octanol–water partition coefficient (Wildman–Crippen LogP) is -10.6. The van der Waals surface area contributed by atoms with Crippen molar-refractivity contribution in [1.29, 1.82) is 0 Å². The van der Waals surface area contributed by atoms with Gasteiger partial charge < -0.3 is 31.0 Å². The Morgan fingerprint density at radius 1 is 0.727 bits per heavy atom. The Bertz CT molecular complexity index is 95.3. The van der Waals surface area contributed by atoms with Crippen molar-refractivity contribution in [3.8, 4) is 0 Å². The molecule has 8 nitrogen and oxygen atoms in total. The van der Waals surface area contributed by atoms with E-state index < -0.39 is 10.4 Å². The summed E-state index contributed by atoms with van der Waals surface area (Å²) < 4.78 is 34.1. The Kier molecular flexibility index (Phi) is 99.1. The van der Waals surface area contributed by atoms with E-state index in [1.165, 1.54) is 0 Å². The van der Waals surface area contributed by atoms with Gasteiger partial charge in [-0.3, -0.25) is 8.42 Å². The van der Waals surface area contributed by atoms with Gasteiger partial charge in [-0.25, -0.2) is 0 Å². The van der Waals surface area contributed by atoms with Gasteiger partial charge in [0.25, 0.3) is 0 Å². The molecule has 0 aromatic carbocycles. The minimum Gasteiger partial charge on any atom is -0.759 e. The van der Waals surface area contributed by atoms with Crippen LogP contribution in [0.5, 0.6) is 0 Å². The summed E-state index contributed by atoms with van der Waals surface area (Å²) in [5.74, 6) is 0. The van der Waals surface area contributed by atoms with Gasteiger partial charge >= 0.3 is 138 Å². The van der Waals surface area contributed by atoms with Crippen LogP contribution in [0.4, 0.5) is 0 Å². The molecule has 11 heteroatoms. The maximum atomic E-state index is 8.52. The van der Waals surface area contributed by atoms with Gasteiger partial charge in [-0.05, 0) is 0 Å². The predicted molar refractivity (Wildman–Crippen MR) is 24.9 cm³/mol. The fraction of sp³-hybridized carbons (Fsp3) is 0. The first kappa shape index (κ1) is 46.3. The zero-order valence-corrected chi connectivity index (χ0v) is 19.4. The fourth-order valence-corrected chi connectivity index (χ4v) is 0. The van der Waals surface area contributed by atoms with Crippen LogP contribution < -0.4 is 138 Å². The van der Waals surface area contributed by atoms with E-state index in [-0.39, 0.29) is 160 Å². The van der Waals surface area contributed by atoms with Crippen LogP contribution in [0.15, 0.2) is 0 Å². The van der Waals surface area contributed by atoms with E-state index in [1.54, 1.807) is 0 Å². The molecule has 11 heavy (non-hydrogen) atoms. The van der Waals surface area contributed by atoms with Crippen molar-refractivity contribution >= 4 is 10.4 Å². The zero-order valence-electron chi connectivity index (χ0n) is 6.04. The summed E-state index contributed by atoms with van der Waals surface area (Å²) in [6.45, 7) is 0. The van der Waals surface area contributed by atoms with Gasteiger partial charge in [0.15, 0.2) is 0 Å². The van der Waals surface area contributed by atoms with Crippen LogP contribution in [0, 0.1) is 0 Å². The molecule has 0 heterocycles. The Balaban J connectivity index is -0.00000000533. The van der Waals surface area contributed by atoms with Crippen molar-refractivity contribution in [2.75, 3.05) is 0 Å². The van der Waals surface area contributed by atoms with Crippen molar-refractivity contribution < 1.29 is 177 Å². The van der Waals surface area contributed by atoms with E-state index in [0.29, 0.717) is 0 Å². The molecule has 0 unspecified atom stereocenters. The van der Waals surface area contributed by atoms with Crippen LogP contribution in [-0.2, 0) is 10.4 Å². The molecule has 0 aromatic rings. The molecule has 0 aliphatic heterocycles. The molecule has 8 N–H and O–H groups in total. The topological polar surface area (TPSA) is 206 Å². The van der Waals surface area contributed by atoms with E-state index in [0.717, 1.165) is 0 Å². The molecule has 0 amide bonds. The second-order valence-corrected chi connectivity index (χ2v) is 1.22. The Morgan fingerprint density at radius 3 is 0.727 bits per heavy atom. The normalized spacial score (nSPS) is 5.27. The third kappa shape index (κ3) is 133. The standard InChI is InChI=1S/2Cs.H2O4S.4H2O/c;;1-5(2,3)4;;;;/h;;(H2,1,2,3,4);4*1H2/q2*+1;;;;;/p-2. The molecule has 0 aliphatic carbocycles. The van der Waals surface area contributed by atoms with E-state index in [4.69, 9.17) is 17.5 Å². The largest absolute Gasteiger partial charge is 1.00 e. The molecule has 0 atom stereocenters. The molecule has 0 bridgehead atoms. The molecule has 0 saturated carbocycles. The average molecular weight is 434 g/mol. The number of rotatable bonds is 0. The first-order chi connectivity index (χ1) is 2.00. The summed E-state index contributed by atoms with van der Waals surface area (Å²) in [7, 11) is -5.17. The van der Waals surface area contributed by atoms with Crippen LogP contribution in [-0.4, -0.2) is 39.4 Å². The van der Waals surface area contributed by atoms with Crippen molar-refractivity contribution in [3.05, 3.63) is 0 Å². The van der Waals surface area contributed by atoms with E-state index in [2.05, 4.69) is 0 Å². The van der Waals surface area contributed by atoms with Gasteiger partial charge in [0.2, 0.25) is 0 Å². The first-order valence-corrected chi connectivity index (χ1v) is 2.00. The van der Waals surface area contributed by atoms with E-state index in [1.807, 2.05) is 0 Å². The molecular weight excluding hydrogens is 426 g/mol. The molecule has 0 fully saturated rings. The molecule has 0 aliphatic rings. The van der Waals surface area contributed by atoms with E-state index >= 15 is 0 Å². The van der Waals surface area contributed by atoms with Gasteiger partial charge in [0.1, 0.15) is 0 Å². The van der Waals surface area contributed by atoms with E-state index in [9.17, 15) is 0 Å². The Morgan fingerprint density at radius 2 is 0.727 bits per heavy atom. The van der Waals surface area contributed by atoms with Crippen molar-refractivity contribution in [1.82, 2.24) is 0 Å². The quantitative estimate of drug-likeness (QED) is 0.269. The van der Waals surface area contributed by atoms with Gasteiger partial charge in [0.05, 0.1) is 0 Å². The van der Waals surface area contributed by atoms with Gasteiger partial charge in [0, 0.05) is 10.4 Å². The van der Waals surface area contributed by atoms with Gasteiger partial charge in [-0.15, -0.1) is 0 Å². The minimum atomic E-state index is -5.17. The Labute approximate surface area is 182 Å². The smallest absolute Gasteiger partial charge is 0.759 e. The molecule has 0 saturated heterocycles. The number of hydrogen-bond donors (Lipinski definition) is 0. The third-order valence-electron chi connectivity index (χ3n) is 0. The summed E-state index contributed by atoms with van der Waals surface area (Å²) in [6, 6.07) is 0.